The lowest BCUT2D eigenvalue weighted by molar-refractivity contribution is 0.101. The van der Waals surface area contributed by atoms with E-state index in [0.29, 0.717) is 11.5 Å². The Morgan fingerprint density at radius 1 is 1.40 bits per heavy atom. The summed E-state index contributed by atoms with van der Waals surface area (Å²) in [4.78, 5) is 11.4. The number of nitrogens with one attached hydrogen (secondary N) is 1. The molecule has 0 saturated carbocycles. The van der Waals surface area contributed by atoms with Gasteiger partial charge < -0.3 is 0 Å². The van der Waals surface area contributed by atoms with Crippen molar-refractivity contribution in [1.29, 1.82) is 0 Å². The molecule has 3 heteroatoms. The number of H-pyrrole nitrogens is 1. The van der Waals surface area contributed by atoms with Crippen LogP contribution < -0.4 is 0 Å². The number of para-hydroxylation sites is 1. The molecule has 0 aliphatic heterocycles. The van der Waals surface area contributed by atoms with E-state index in [4.69, 9.17) is 0 Å². The molecule has 2 rings (SSSR count). The largest absolute Gasteiger partial charge is 0.294 e. The van der Waals surface area contributed by atoms with Crippen LogP contribution >= 0.6 is 0 Å². The number of carbonyl (C=O) groups excluding carboxylic acids is 1. The average molecular weight is 202 g/mol. The van der Waals surface area contributed by atoms with Crippen molar-refractivity contribution in [2.24, 2.45) is 0 Å². The van der Waals surface area contributed by atoms with E-state index in [2.05, 4.69) is 24.0 Å². The van der Waals surface area contributed by atoms with Crippen LogP contribution in [-0.2, 0) is 0 Å². The molecule has 0 aliphatic carbocycles. The van der Waals surface area contributed by atoms with Crippen molar-refractivity contribution in [3.05, 3.63) is 29.5 Å². The molecule has 1 aromatic heterocycles. The number of rotatable bonds is 2. The minimum atomic E-state index is 0.0578. The van der Waals surface area contributed by atoms with E-state index in [9.17, 15) is 4.79 Å². The molecule has 1 aromatic carbocycles. The SMILES string of the molecule is CC(=O)c1cccc2c(C(C)C)[nH]nc12. The highest BCUT2D eigenvalue weighted by molar-refractivity contribution is 6.06. The van der Waals surface area contributed by atoms with Gasteiger partial charge in [-0.25, -0.2) is 0 Å². The average Bonchev–Trinajstić information content (AvgIpc) is 2.59. The summed E-state index contributed by atoms with van der Waals surface area (Å²) in [7, 11) is 0. The molecule has 0 saturated heterocycles. The Morgan fingerprint density at radius 3 is 2.73 bits per heavy atom. The fourth-order valence-corrected chi connectivity index (χ4v) is 1.78. The van der Waals surface area contributed by atoms with Gasteiger partial charge in [0, 0.05) is 16.6 Å². The van der Waals surface area contributed by atoms with E-state index < -0.39 is 0 Å². The molecular weight excluding hydrogens is 188 g/mol. The Hall–Kier alpha value is -1.64. The van der Waals surface area contributed by atoms with Crippen molar-refractivity contribution < 1.29 is 4.79 Å². The minimum Gasteiger partial charge on any atom is -0.294 e. The smallest absolute Gasteiger partial charge is 0.162 e. The van der Waals surface area contributed by atoms with Crippen molar-refractivity contribution in [3.63, 3.8) is 0 Å². The minimum absolute atomic E-state index is 0.0578. The van der Waals surface area contributed by atoms with Gasteiger partial charge in [-0.05, 0) is 18.9 Å². The van der Waals surface area contributed by atoms with Crippen LogP contribution in [0.4, 0.5) is 0 Å². The van der Waals surface area contributed by atoms with Gasteiger partial charge in [0.05, 0.1) is 0 Å². The number of hydrogen-bond donors (Lipinski definition) is 1. The first-order valence-electron chi connectivity index (χ1n) is 5.09. The zero-order valence-corrected chi connectivity index (χ0v) is 9.16. The first-order valence-corrected chi connectivity index (χ1v) is 5.09. The summed E-state index contributed by atoms with van der Waals surface area (Å²) in [6.07, 6.45) is 0. The van der Waals surface area contributed by atoms with Gasteiger partial charge in [0.2, 0.25) is 0 Å². The number of ketones is 1. The van der Waals surface area contributed by atoms with Crippen LogP contribution in [0.5, 0.6) is 0 Å². The Balaban J connectivity index is 2.74. The summed E-state index contributed by atoms with van der Waals surface area (Å²) >= 11 is 0. The van der Waals surface area contributed by atoms with Crippen LogP contribution in [-0.4, -0.2) is 16.0 Å². The van der Waals surface area contributed by atoms with E-state index >= 15 is 0 Å². The Kier molecular flexibility index (Phi) is 2.31. The van der Waals surface area contributed by atoms with Crippen LogP contribution in [0.1, 0.15) is 42.7 Å². The quantitative estimate of drug-likeness (QED) is 0.761. The van der Waals surface area contributed by atoms with Gasteiger partial charge in [0.15, 0.2) is 5.78 Å². The Bertz CT molecular complexity index is 511. The van der Waals surface area contributed by atoms with Gasteiger partial charge in [0.25, 0.3) is 0 Å². The van der Waals surface area contributed by atoms with E-state index in [0.717, 1.165) is 16.6 Å². The fraction of sp³-hybridized carbons (Fsp3) is 0.333. The van der Waals surface area contributed by atoms with Crippen LogP contribution in [0.15, 0.2) is 18.2 Å². The highest BCUT2D eigenvalue weighted by atomic mass is 16.1. The topological polar surface area (TPSA) is 45.8 Å². The van der Waals surface area contributed by atoms with Crippen molar-refractivity contribution in [2.45, 2.75) is 26.7 Å². The molecule has 0 fully saturated rings. The maximum atomic E-state index is 11.4. The van der Waals surface area contributed by atoms with E-state index in [1.807, 2.05) is 18.2 Å². The van der Waals surface area contributed by atoms with Gasteiger partial charge in [-0.2, -0.15) is 5.10 Å². The Morgan fingerprint density at radius 2 is 2.13 bits per heavy atom. The summed E-state index contributed by atoms with van der Waals surface area (Å²) in [5, 5.41) is 8.27. The highest BCUT2D eigenvalue weighted by Gasteiger charge is 2.13. The van der Waals surface area contributed by atoms with Gasteiger partial charge in [-0.3, -0.25) is 9.89 Å². The van der Waals surface area contributed by atoms with Gasteiger partial charge in [-0.1, -0.05) is 26.0 Å². The molecule has 0 spiro atoms. The van der Waals surface area contributed by atoms with Crippen LogP contribution in [0.25, 0.3) is 10.9 Å². The van der Waals surface area contributed by atoms with Crippen LogP contribution in [0.3, 0.4) is 0 Å². The molecule has 0 radical (unpaired) electrons. The number of aromatic nitrogens is 2. The first kappa shape index (κ1) is 9.90. The molecule has 1 N–H and O–H groups in total. The standard InChI is InChI=1S/C12H14N2O/c1-7(2)11-10-6-4-5-9(8(3)15)12(10)14-13-11/h4-7H,1-3H3,(H,13,14). The summed E-state index contributed by atoms with van der Waals surface area (Å²) < 4.78 is 0. The zero-order valence-electron chi connectivity index (χ0n) is 9.16. The summed E-state index contributed by atoms with van der Waals surface area (Å²) in [6, 6.07) is 5.72. The third-order valence-corrected chi connectivity index (χ3v) is 2.57. The zero-order chi connectivity index (χ0) is 11.0. The molecule has 0 atom stereocenters. The molecule has 0 aliphatic rings. The van der Waals surface area contributed by atoms with Crippen molar-refractivity contribution in [2.75, 3.05) is 0 Å². The second-order valence-electron chi connectivity index (χ2n) is 4.05. The summed E-state index contributed by atoms with van der Waals surface area (Å²) in [5.74, 6) is 0.444. The number of benzene rings is 1. The van der Waals surface area contributed by atoms with E-state index in [1.165, 1.54) is 0 Å². The molecular formula is C12H14N2O. The molecule has 1 heterocycles. The monoisotopic (exact) mass is 202 g/mol. The maximum absolute atomic E-state index is 11.4. The molecule has 0 amide bonds. The molecule has 15 heavy (non-hydrogen) atoms. The predicted octanol–water partition coefficient (Wildman–Crippen LogP) is 2.89. The number of aromatic amines is 1. The molecule has 2 aromatic rings. The van der Waals surface area contributed by atoms with Crippen LogP contribution in [0.2, 0.25) is 0 Å². The lowest BCUT2D eigenvalue weighted by atomic mass is 10.0. The third kappa shape index (κ3) is 1.54. The number of Topliss-reactive ketones (excluding diaryl/α,β-unsaturated/α-hetero) is 1. The maximum Gasteiger partial charge on any atom is 0.162 e. The number of hydrogen-bond acceptors (Lipinski definition) is 2. The fourth-order valence-electron chi connectivity index (χ4n) is 1.78. The van der Waals surface area contributed by atoms with Gasteiger partial charge >= 0.3 is 0 Å². The first-order chi connectivity index (χ1) is 7.11. The van der Waals surface area contributed by atoms with Gasteiger partial charge in [0.1, 0.15) is 5.52 Å². The van der Waals surface area contributed by atoms with E-state index in [1.54, 1.807) is 6.92 Å². The normalized spacial score (nSPS) is 11.2. The summed E-state index contributed by atoms with van der Waals surface area (Å²) in [6.45, 7) is 5.78. The lowest BCUT2D eigenvalue weighted by Gasteiger charge is -2.01. The molecule has 3 nitrogen and oxygen atoms in total. The number of carbonyl (C=O) groups is 1. The highest BCUT2D eigenvalue weighted by Crippen LogP contribution is 2.25. The van der Waals surface area contributed by atoms with E-state index in [-0.39, 0.29) is 5.78 Å². The van der Waals surface area contributed by atoms with Gasteiger partial charge in [-0.15, -0.1) is 0 Å². The third-order valence-electron chi connectivity index (χ3n) is 2.57. The molecule has 78 valence electrons. The second kappa shape index (κ2) is 3.50. The second-order valence-corrected chi connectivity index (χ2v) is 4.05. The van der Waals surface area contributed by atoms with Crippen molar-refractivity contribution >= 4 is 16.7 Å². The van der Waals surface area contributed by atoms with Crippen molar-refractivity contribution in [1.82, 2.24) is 10.2 Å². The summed E-state index contributed by atoms with van der Waals surface area (Å²) in [5.41, 5.74) is 2.57. The molecule has 0 bridgehead atoms. The number of fused-ring (bicyclic) bond motifs is 1. The Labute approximate surface area is 88.5 Å². The predicted molar refractivity (Wildman–Crippen MR) is 60.2 cm³/mol. The van der Waals surface area contributed by atoms with Crippen LogP contribution in [0, 0.1) is 0 Å². The lowest BCUT2D eigenvalue weighted by Crippen LogP contribution is -1.93. The molecule has 0 unspecified atom stereocenters. The number of nitrogens with zero attached hydrogens (tertiary/aromatic N) is 1. The van der Waals surface area contributed by atoms with Crippen molar-refractivity contribution in [3.8, 4) is 0 Å².